The molecule has 6 heteroatoms. The highest BCUT2D eigenvalue weighted by molar-refractivity contribution is 6.07. The average molecular weight is 382 g/mol. The number of halogens is 2. The lowest BCUT2D eigenvalue weighted by Gasteiger charge is -2.25. The predicted octanol–water partition coefficient (Wildman–Crippen LogP) is 5.34. The van der Waals surface area contributed by atoms with E-state index in [0.29, 0.717) is 33.5 Å². The third-order valence-electron chi connectivity index (χ3n) is 4.94. The molecule has 1 aromatic heterocycles. The Morgan fingerprint density at radius 3 is 2.46 bits per heavy atom. The molecule has 0 N–H and O–H groups in total. The molecule has 0 unspecified atom stereocenters. The summed E-state index contributed by atoms with van der Waals surface area (Å²) in [5, 5.41) is 0.513. The zero-order valence-electron chi connectivity index (χ0n) is 15.7. The van der Waals surface area contributed by atoms with Gasteiger partial charge in [0.15, 0.2) is 0 Å². The van der Waals surface area contributed by atoms with Crippen molar-refractivity contribution in [3.8, 4) is 0 Å². The molecule has 1 saturated carbocycles. The molecule has 0 radical (unpaired) electrons. The van der Waals surface area contributed by atoms with Gasteiger partial charge in [0.05, 0.1) is 23.5 Å². The number of esters is 1. The fourth-order valence-corrected chi connectivity index (χ4v) is 3.44. The van der Waals surface area contributed by atoms with E-state index in [0.717, 1.165) is 12.8 Å². The van der Waals surface area contributed by atoms with Crippen LogP contribution in [0.3, 0.4) is 0 Å². The van der Waals surface area contributed by atoms with E-state index in [-0.39, 0.29) is 18.3 Å². The summed E-state index contributed by atoms with van der Waals surface area (Å²) in [6, 6.07) is 10.3. The zero-order valence-corrected chi connectivity index (χ0v) is 15.7. The number of fused-ring (bicyclic) bond motifs is 1. The number of hydrogen-bond donors (Lipinski definition) is 0. The van der Waals surface area contributed by atoms with E-state index < -0.39 is 11.8 Å². The number of rotatable bonds is 5. The first-order chi connectivity index (χ1) is 13.5. The summed E-state index contributed by atoms with van der Waals surface area (Å²) in [6.07, 6.45) is 1.90. The molecule has 2 aromatic carbocycles. The van der Waals surface area contributed by atoms with E-state index in [1.54, 1.807) is 37.1 Å². The Morgan fingerprint density at radius 1 is 1.14 bits per heavy atom. The molecule has 0 spiro atoms. The first-order valence-corrected chi connectivity index (χ1v) is 9.29. The highest BCUT2D eigenvalue weighted by Gasteiger charge is 2.34. The lowest BCUT2D eigenvalue weighted by atomic mass is 10.0. The molecule has 0 amide bonds. The second-order valence-electron chi connectivity index (χ2n) is 6.91. The molecule has 144 valence electrons. The zero-order chi connectivity index (χ0) is 19.8. The lowest BCUT2D eigenvalue weighted by molar-refractivity contribution is 0.0525. The molecule has 0 aliphatic heterocycles. The minimum Gasteiger partial charge on any atom is -0.462 e. The third kappa shape index (κ3) is 3.30. The van der Waals surface area contributed by atoms with Crippen molar-refractivity contribution < 1.29 is 18.3 Å². The first-order valence-electron chi connectivity index (χ1n) is 9.29. The normalized spacial score (nSPS) is 13.6. The number of hydrogen-bond acceptors (Lipinski definition) is 4. The molecule has 0 atom stereocenters. The maximum absolute atomic E-state index is 14.1. The Balaban J connectivity index is 2.01. The number of nitrogens with zero attached hydrogens (tertiary/aromatic N) is 2. The van der Waals surface area contributed by atoms with Gasteiger partial charge in [-0.2, -0.15) is 0 Å². The van der Waals surface area contributed by atoms with Crippen LogP contribution >= 0.6 is 0 Å². The van der Waals surface area contributed by atoms with Gasteiger partial charge in [-0.05, 0) is 62.2 Å². The fourth-order valence-electron chi connectivity index (χ4n) is 3.44. The summed E-state index contributed by atoms with van der Waals surface area (Å²) in [4.78, 5) is 19.3. The molecule has 1 fully saturated rings. The van der Waals surface area contributed by atoms with Crippen molar-refractivity contribution in [1.82, 2.24) is 4.98 Å². The van der Waals surface area contributed by atoms with Crippen LogP contribution in [0.4, 0.5) is 20.2 Å². The van der Waals surface area contributed by atoms with Gasteiger partial charge >= 0.3 is 5.97 Å². The van der Waals surface area contributed by atoms with Crippen molar-refractivity contribution in [2.75, 3.05) is 18.6 Å². The molecular formula is C22H20F2N2O2. The number of ether oxygens (including phenoxy) is 1. The molecule has 1 heterocycles. The highest BCUT2D eigenvalue weighted by Crippen LogP contribution is 2.46. The predicted molar refractivity (Wildman–Crippen MR) is 104 cm³/mol. The minimum atomic E-state index is -0.480. The van der Waals surface area contributed by atoms with E-state index in [1.807, 2.05) is 0 Å². The summed E-state index contributed by atoms with van der Waals surface area (Å²) in [5.41, 5.74) is 2.85. The number of carbonyl (C=O) groups excluding carboxylic acids is 1. The molecule has 1 aliphatic carbocycles. The van der Waals surface area contributed by atoms with Crippen LogP contribution in [0.15, 0.2) is 42.5 Å². The van der Waals surface area contributed by atoms with E-state index >= 15 is 0 Å². The summed E-state index contributed by atoms with van der Waals surface area (Å²) >= 11 is 0. The van der Waals surface area contributed by atoms with Crippen LogP contribution in [0, 0.1) is 11.6 Å². The third-order valence-corrected chi connectivity index (χ3v) is 4.94. The molecule has 28 heavy (non-hydrogen) atoms. The topological polar surface area (TPSA) is 42.4 Å². The monoisotopic (exact) mass is 382 g/mol. The Morgan fingerprint density at radius 2 is 1.82 bits per heavy atom. The molecule has 0 bridgehead atoms. The lowest BCUT2D eigenvalue weighted by Crippen LogP contribution is -2.19. The van der Waals surface area contributed by atoms with Crippen LogP contribution in [0.2, 0.25) is 0 Å². The molecule has 4 nitrogen and oxygen atoms in total. The molecule has 4 rings (SSSR count). The second-order valence-corrected chi connectivity index (χ2v) is 6.91. The second kappa shape index (κ2) is 7.19. The Hall–Kier alpha value is -3.02. The van der Waals surface area contributed by atoms with Gasteiger partial charge in [-0.15, -0.1) is 0 Å². The molecule has 3 aromatic rings. The van der Waals surface area contributed by atoms with Gasteiger partial charge in [-0.1, -0.05) is 0 Å². The maximum Gasteiger partial charge on any atom is 0.342 e. The van der Waals surface area contributed by atoms with Gasteiger partial charge < -0.3 is 9.64 Å². The summed E-state index contributed by atoms with van der Waals surface area (Å²) in [5.74, 6) is -1.06. The van der Waals surface area contributed by atoms with E-state index in [2.05, 4.69) is 4.98 Å². The van der Waals surface area contributed by atoms with Gasteiger partial charge in [0.2, 0.25) is 0 Å². The van der Waals surface area contributed by atoms with Gasteiger partial charge in [0.25, 0.3) is 0 Å². The van der Waals surface area contributed by atoms with Crippen LogP contribution in [0.1, 0.15) is 41.7 Å². The standard InChI is InChI=1S/C22H20F2N2O2/c1-3-28-22(27)19-20(13-4-5-13)25-18-11-8-15(24)12-17(18)21(19)26(2)16-9-6-14(23)7-10-16/h6-13H,3-5H2,1-2H3. The van der Waals surface area contributed by atoms with Gasteiger partial charge in [-0.25, -0.2) is 13.6 Å². The minimum absolute atomic E-state index is 0.189. The Kier molecular flexibility index (Phi) is 4.71. The Bertz CT molecular complexity index is 1050. The van der Waals surface area contributed by atoms with Crippen LogP contribution in [0.25, 0.3) is 10.9 Å². The quantitative estimate of drug-likeness (QED) is 0.559. The number of pyridine rings is 1. The van der Waals surface area contributed by atoms with E-state index in [4.69, 9.17) is 4.74 Å². The first kappa shape index (κ1) is 18.3. The maximum atomic E-state index is 14.1. The number of carbonyl (C=O) groups is 1. The number of aromatic nitrogens is 1. The molecule has 0 saturated heterocycles. The van der Waals surface area contributed by atoms with Crippen LogP contribution in [-0.4, -0.2) is 24.6 Å². The van der Waals surface area contributed by atoms with Crippen molar-refractivity contribution in [3.63, 3.8) is 0 Å². The van der Waals surface area contributed by atoms with Crippen molar-refractivity contribution in [1.29, 1.82) is 0 Å². The summed E-state index contributed by atoms with van der Waals surface area (Å²) in [6.45, 7) is 1.97. The smallest absolute Gasteiger partial charge is 0.342 e. The SMILES string of the molecule is CCOC(=O)c1c(C2CC2)nc2ccc(F)cc2c1N(C)c1ccc(F)cc1. The van der Waals surface area contributed by atoms with Crippen molar-refractivity contribution in [3.05, 3.63) is 65.4 Å². The van der Waals surface area contributed by atoms with Gasteiger partial charge in [0, 0.05) is 24.0 Å². The van der Waals surface area contributed by atoms with Crippen LogP contribution in [-0.2, 0) is 4.74 Å². The van der Waals surface area contributed by atoms with Crippen LogP contribution < -0.4 is 4.90 Å². The molecule has 1 aliphatic rings. The summed E-state index contributed by atoms with van der Waals surface area (Å²) < 4.78 is 32.8. The van der Waals surface area contributed by atoms with E-state index in [1.165, 1.54) is 24.3 Å². The average Bonchev–Trinajstić information content (AvgIpc) is 3.52. The van der Waals surface area contributed by atoms with Crippen molar-refractivity contribution in [2.45, 2.75) is 25.7 Å². The van der Waals surface area contributed by atoms with Crippen LogP contribution in [0.5, 0.6) is 0 Å². The molecular weight excluding hydrogens is 362 g/mol. The summed E-state index contributed by atoms with van der Waals surface area (Å²) in [7, 11) is 1.77. The van der Waals surface area contributed by atoms with Crippen molar-refractivity contribution in [2.24, 2.45) is 0 Å². The van der Waals surface area contributed by atoms with Crippen molar-refractivity contribution >= 4 is 28.2 Å². The number of benzene rings is 2. The largest absolute Gasteiger partial charge is 0.462 e. The fraction of sp³-hybridized carbons (Fsp3) is 0.273. The van der Waals surface area contributed by atoms with Gasteiger partial charge in [-0.3, -0.25) is 4.98 Å². The Labute approximate surface area is 161 Å². The highest BCUT2D eigenvalue weighted by atomic mass is 19.1. The van der Waals surface area contributed by atoms with E-state index in [9.17, 15) is 13.6 Å². The number of anilines is 2. The van der Waals surface area contributed by atoms with Gasteiger partial charge in [0.1, 0.15) is 17.2 Å².